The monoisotopic (exact) mass is 269 g/mol. The summed E-state index contributed by atoms with van der Waals surface area (Å²) in [5.41, 5.74) is 0. The number of ether oxygens (including phenoxy) is 1. The standard InChI is InChI=1S/C14H23NO2S/c1-12(16)8-9-15(2)10-11-17-13-4-6-14(18-3)7-5-13/h4-7,12,16H,8-11H2,1-3H3. The molecule has 0 aliphatic carbocycles. The predicted octanol–water partition coefficient (Wildman–Crippen LogP) is 2.49. The lowest BCUT2D eigenvalue weighted by molar-refractivity contribution is 0.157. The number of benzene rings is 1. The van der Waals surface area contributed by atoms with Crippen molar-refractivity contribution < 1.29 is 9.84 Å². The molecule has 0 saturated carbocycles. The van der Waals surface area contributed by atoms with Crippen LogP contribution in [0.5, 0.6) is 5.75 Å². The van der Waals surface area contributed by atoms with Crippen LogP contribution in [0.2, 0.25) is 0 Å². The maximum Gasteiger partial charge on any atom is 0.119 e. The Labute approximate surface area is 114 Å². The third-order valence-electron chi connectivity index (χ3n) is 2.73. The van der Waals surface area contributed by atoms with E-state index in [0.29, 0.717) is 6.61 Å². The second-order valence-corrected chi connectivity index (χ2v) is 5.34. The van der Waals surface area contributed by atoms with Crippen molar-refractivity contribution >= 4 is 11.8 Å². The summed E-state index contributed by atoms with van der Waals surface area (Å²) in [4.78, 5) is 3.42. The summed E-state index contributed by atoms with van der Waals surface area (Å²) in [6.45, 7) is 4.26. The van der Waals surface area contributed by atoms with E-state index >= 15 is 0 Å². The molecule has 1 aromatic rings. The number of hydrogen-bond acceptors (Lipinski definition) is 4. The molecule has 1 rings (SSSR count). The van der Waals surface area contributed by atoms with Crippen LogP contribution in [0, 0.1) is 0 Å². The fourth-order valence-corrected chi connectivity index (χ4v) is 1.92. The van der Waals surface area contributed by atoms with Crippen LogP contribution in [-0.4, -0.2) is 49.1 Å². The Balaban J connectivity index is 2.20. The second-order valence-electron chi connectivity index (χ2n) is 4.46. The van der Waals surface area contributed by atoms with Gasteiger partial charge in [-0.1, -0.05) is 0 Å². The number of hydrogen-bond donors (Lipinski definition) is 1. The van der Waals surface area contributed by atoms with Crippen molar-refractivity contribution in [2.45, 2.75) is 24.3 Å². The molecule has 0 aliphatic heterocycles. The summed E-state index contributed by atoms with van der Waals surface area (Å²) >= 11 is 1.73. The number of nitrogens with zero attached hydrogens (tertiary/aromatic N) is 1. The Kier molecular flexibility index (Phi) is 7.16. The first-order chi connectivity index (χ1) is 8.61. The van der Waals surface area contributed by atoms with Crippen molar-refractivity contribution in [1.82, 2.24) is 4.90 Å². The lowest BCUT2D eigenvalue weighted by Gasteiger charge is -2.17. The number of thioether (sulfide) groups is 1. The van der Waals surface area contributed by atoms with Crippen molar-refractivity contribution in [3.8, 4) is 5.75 Å². The first kappa shape index (κ1) is 15.3. The van der Waals surface area contributed by atoms with E-state index in [-0.39, 0.29) is 6.10 Å². The van der Waals surface area contributed by atoms with Gasteiger partial charge in [-0.2, -0.15) is 0 Å². The first-order valence-electron chi connectivity index (χ1n) is 6.25. The molecule has 0 saturated heterocycles. The highest BCUT2D eigenvalue weighted by Gasteiger charge is 2.02. The van der Waals surface area contributed by atoms with Crippen LogP contribution in [0.3, 0.4) is 0 Å². The van der Waals surface area contributed by atoms with E-state index in [4.69, 9.17) is 4.74 Å². The Hall–Kier alpha value is -0.710. The fraction of sp³-hybridized carbons (Fsp3) is 0.571. The summed E-state index contributed by atoms with van der Waals surface area (Å²) < 4.78 is 5.67. The highest BCUT2D eigenvalue weighted by molar-refractivity contribution is 7.98. The third kappa shape index (κ3) is 6.28. The van der Waals surface area contributed by atoms with Crippen molar-refractivity contribution in [1.29, 1.82) is 0 Å². The molecular formula is C14H23NO2S. The Morgan fingerprint density at radius 2 is 1.94 bits per heavy atom. The molecule has 1 N–H and O–H groups in total. The van der Waals surface area contributed by atoms with Gasteiger partial charge >= 0.3 is 0 Å². The summed E-state index contributed by atoms with van der Waals surface area (Å²) in [5, 5.41) is 9.19. The van der Waals surface area contributed by atoms with Gasteiger partial charge in [-0.05, 0) is 50.9 Å². The van der Waals surface area contributed by atoms with E-state index < -0.39 is 0 Å². The molecule has 0 bridgehead atoms. The zero-order chi connectivity index (χ0) is 13.4. The van der Waals surface area contributed by atoms with Crippen LogP contribution in [0.25, 0.3) is 0 Å². The smallest absolute Gasteiger partial charge is 0.119 e. The molecule has 0 spiro atoms. The first-order valence-corrected chi connectivity index (χ1v) is 7.47. The van der Waals surface area contributed by atoms with Gasteiger partial charge in [-0.3, -0.25) is 0 Å². The molecule has 0 radical (unpaired) electrons. The van der Waals surface area contributed by atoms with Gasteiger partial charge in [-0.25, -0.2) is 0 Å². The summed E-state index contributed by atoms with van der Waals surface area (Å²) in [7, 11) is 2.04. The van der Waals surface area contributed by atoms with E-state index in [9.17, 15) is 5.11 Å². The van der Waals surface area contributed by atoms with Crippen LogP contribution < -0.4 is 4.74 Å². The molecular weight excluding hydrogens is 246 g/mol. The van der Waals surface area contributed by atoms with Gasteiger partial charge in [0.25, 0.3) is 0 Å². The molecule has 18 heavy (non-hydrogen) atoms. The largest absolute Gasteiger partial charge is 0.492 e. The SMILES string of the molecule is CSc1ccc(OCCN(C)CCC(C)O)cc1. The van der Waals surface area contributed by atoms with Crippen molar-refractivity contribution in [2.24, 2.45) is 0 Å². The van der Waals surface area contributed by atoms with Gasteiger partial charge < -0.3 is 14.7 Å². The average Bonchev–Trinajstić information content (AvgIpc) is 2.37. The Morgan fingerprint density at radius 3 is 2.50 bits per heavy atom. The van der Waals surface area contributed by atoms with Crippen LogP contribution in [0.4, 0.5) is 0 Å². The molecule has 0 heterocycles. The molecule has 0 aliphatic rings. The molecule has 1 unspecified atom stereocenters. The molecule has 4 heteroatoms. The van der Waals surface area contributed by atoms with Crippen LogP contribution >= 0.6 is 11.8 Å². The summed E-state index contributed by atoms with van der Waals surface area (Å²) in [6.07, 6.45) is 2.64. The van der Waals surface area contributed by atoms with Gasteiger partial charge in [0.2, 0.25) is 0 Å². The van der Waals surface area contributed by atoms with Crippen molar-refractivity contribution in [3.05, 3.63) is 24.3 Å². The third-order valence-corrected chi connectivity index (χ3v) is 3.47. The number of aliphatic hydroxyl groups excluding tert-OH is 1. The van der Waals surface area contributed by atoms with Gasteiger partial charge in [0.05, 0.1) is 6.10 Å². The minimum Gasteiger partial charge on any atom is -0.492 e. The molecule has 0 amide bonds. The van der Waals surface area contributed by atoms with Crippen LogP contribution in [0.15, 0.2) is 29.2 Å². The molecule has 1 atom stereocenters. The minimum atomic E-state index is -0.229. The summed E-state index contributed by atoms with van der Waals surface area (Å²) in [6, 6.07) is 8.14. The van der Waals surface area contributed by atoms with Gasteiger partial charge in [0.15, 0.2) is 0 Å². The number of rotatable bonds is 8. The zero-order valence-corrected chi connectivity index (χ0v) is 12.2. The number of likely N-dealkylation sites (N-methyl/N-ethyl adjacent to an activating group) is 1. The van der Waals surface area contributed by atoms with Gasteiger partial charge in [0.1, 0.15) is 12.4 Å². The Bertz CT molecular complexity index is 327. The highest BCUT2D eigenvalue weighted by Crippen LogP contribution is 2.18. The quantitative estimate of drug-likeness (QED) is 0.735. The average molecular weight is 269 g/mol. The molecule has 0 aromatic heterocycles. The molecule has 3 nitrogen and oxygen atoms in total. The lowest BCUT2D eigenvalue weighted by atomic mass is 10.3. The predicted molar refractivity (Wildman–Crippen MR) is 77.5 cm³/mol. The number of aliphatic hydroxyl groups is 1. The van der Waals surface area contributed by atoms with Gasteiger partial charge in [-0.15, -0.1) is 11.8 Å². The normalized spacial score (nSPS) is 12.7. The van der Waals surface area contributed by atoms with E-state index in [0.717, 1.165) is 25.3 Å². The van der Waals surface area contributed by atoms with Crippen molar-refractivity contribution in [2.75, 3.05) is 33.0 Å². The van der Waals surface area contributed by atoms with E-state index in [2.05, 4.69) is 23.3 Å². The topological polar surface area (TPSA) is 32.7 Å². The minimum absolute atomic E-state index is 0.229. The summed E-state index contributed by atoms with van der Waals surface area (Å²) in [5.74, 6) is 0.914. The maximum atomic E-state index is 9.19. The van der Waals surface area contributed by atoms with E-state index in [1.807, 2.05) is 26.1 Å². The molecule has 102 valence electrons. The highest BCUT2D eigenvalue weighted by atomic mass is 32.2. The lowest BCUT2D eigenvalue weighted by Crippen LogP contribution is -2.27. The van der Waals surface area contributed by atoms with Crippen molar-refractivity contribution in [3.63, 3.8) is 0 Å². The Morgan fingerprint density at radius 1 is 1.28 bits per heavy atom. The van der Waals surface area contributed by atoms with Crippen LogP contribution in [-0.2, 0) is 0 Å². The zero-order valence-electron chi connectivity index (χ0n) is 11.4. The van der Waals surface area contributed by atoms with Crippen LogP contribution in [0.1, 0.15) is 13.3 Å². The van der Waals surface area contributed by atoms with E-state index in [1.54, 1.807) is 11.8 Å². The fourth-order valence-electron chi connectivity index (χ4n) is 1.51. The molecule has 0 fully saturated rings. The van der Waals surface area contributed by atoms with Gasteiger partial charge in [0, 0.05) is 18.0 Å². The van der Waals surface area contributed by atoms with E-state index in [1.165, 1.54) is 4.90 Å². The second kappa shape index (κ2) is 8.40. The maximum absolute atomic E-state index is 9.19. The molecule has 1 aromatic carbocycles.